The van der Waals surface area contributed by atoms with Gasteiger partial charge in [0.15, 0.2) is 0 Å². The van der Waals surface area contributed by atoms with Gasteiger partial charge >= 0.3 is 0 Å². The predicted molar refractivity (Wildman–Crippen MR) is 76.2 cm³/mol. The molecule has 0 aliphatic carbocycles. The molecule has 20 heavy (non-hydrogen) atoms. The van der Waals surface area contributed by atoms with Gasteiger partial charge in [-0.25, -0.2) is 4.98 Å². The summed E-state index contributed by atoms with van der Waals surface area (Å²) in [6, 6.07) is 7.91. The Morgan fingerprint density at radius 3 is 3.10 bits per heavy atom. The van der Waals surface area contributed by atoms with Crippen LogP contribution in [0.5, 0.6) is 11.6 Å². The summed E-state index contributed by atoms with van der Waals surface area (Å²) in [4.78, 5) is 6.74. The van der Waals surface area contributed by atoms with Gasteiger partial charge in [0.2, 0.25) is 5.88 Å². The van der Waals surface area contributed by atoms with E-state index in [1.54, 1.807) is 7.11 Å². The third kappa shape index (κ3) is 2.55. The Balaban J connectivity index is 2.01. The van der Waals surface area contributed by atoms with Crippen molar-refractivity contribution in [2.24, 2.45) is 0 Å². The van der Waals surface area contributed by atoms with Crippen molar-refractivity contribution in [3.63, 3.8) is 0 Å². The lowest BCUT2D eigenvalue weighted by atomic mass is 10.1. The van der Waals surface area contributed by atoms with Gasteiger partial charge in [0.1, 0.15) is 12.4 Å². The molecule has 0 spiro atoms. The summed E-state index contributed by atoms with van der Waals surface area (Å²) in [5.41, 5.74) is 1.96. The lowest BCUT2D eigenvalue weighted by Crippen LogP contribution is -2.28. The molecule has 1 aliphatic heterocycles. The number of nitrogens with zero attached hydrogens (tertiary/aromatic N) is 2. The molecule has 0 radical (unpaired) electrons. The number of methoxy groups -OCH3 is 1. The minimum atomic E-state index is 0.157. The van der Waals surface area contributed by atoms with E-state index >= 15 is 0 Å². The van der Waals surface area contributed by atoms with Crippen LogP contribution in [-0.4, -0.2) is 48.4 Å². The molecule has 0 saturated carbocycles. The first kappa shape index (κ1) is 13.1. The fourth-order valence-electron chi connectivity index (χ4n) is 2.47. The van der Waals surface area contributed by atoms with Crippen LogP contribution in [0.3, 0.4) is 0 Å². The average molecular weight is 274 g/mol. The van der Waals surface area contributed by atoms with Crippen LogP contribution in [0.15, 0.2) is 24.3 Å². The molecule has 0 atom stereocenters. The van der Waals surface area contributed by atoms with Gasteiger partial charge in [-0.3, -0.25) is 4.90 Å². The van der Waals surface area contributed by atoms with Crippen molar-refractivity contribution in [1.82, 2.24) is 9.88 Å². The van der Waals surface area contributed by atoms with Crippen molar-refractivity contribution in [2.45, 2.75) is 6.54 Å². The molecular formula is C15H18N2O3. The number of fused-ring (bicyclic) bond motifs is 2. The van der Waals surface area contributed by atoms with E-state index in [1.807, 2.05) is 18.2 Å². The Hall–Kier alpha value is -1.85. The third-order valence-corrected chi connectivity index (χ3v) is 3.52. The van der Waals surface area contributed by atoms with E-state index in [1.165, 1.54) is 0 Å². The second-order valence-electron chi connectivity index (χ2n) is 4.86. The highest BCUT2D eigenvalue weighted by Crippen LogP contribution is 2.27. The molecule has 0 unspecified atom stereocenters. The van der Waals surface area contributed by atoms with E-state index in [-0.39, 0.29) is 6.61 Å². The summed E-state index contributed by atoms with van der Waals surface area (Å²) in [6.45, 7) is 2.96. The summed E-state index contributed by atoms with van der Waals surface area (Å²) >= 11 is 0. The van der Waals surface area contributed by atoms with Gasteiger partial charge in [0, 0.05) is 30.6 Å². The van der Waals surface area contributed by atoms with Crippen LogP contribution >= 0.6 is 0 Å². The number of β-amino-alcohol motifs (C(OH)–C–C–N with tert-alkyl or cyclic N) is 1. The largest absolute Gasteiger partial charge is 0.497 e. The van der Waals surface area contributed by atoms with Crippen molar-refractivity contribution in [1.29, 1.82) is 0 Å². The third-order valence-electron chi connectivity index (χ3n) is 3.52. The Morgan fingerprint density at radius 1 is 1.40 bits per heavy atom. The number of rotatable bonds is 3. The van der Waals surface area contributed by atoms with Crippen LogP contribution < -0.4 is 9.47 Å². The normalized spacial score (nSPS) is 15.5. The van der Waals surface area contributed by atoms with Gasteiger partial charge in [0.25, 0.3) is 0 Å². The van der Waals surface area contributed by atoms with Crippen molar-refractivity contribution in [3.05, 3.63) is 29.8 Å². The summed E-state index contributed by atoms with van der Waals surface area (Å²) < 4.78 is 11.0. The van der Waals surface area contributed by atoms with Crippen molar-refractivity contribution in [3.8, 4) is 11.6 Å². The Kier molecular flexibility index (Phi) is 3.71. The topological polar surface area (TPSA) is 54.8 Å². The van der Waals surface area contributed by atoms with Gasteiger partial charge in [-0.2, -0.15) is 0 Å². The first-order chi connectivity index (χ1) is 9.80. The van der Waals surface area contributed by atoms with Crippen LogP contribution in [0.4, 0.5) is 0 Å². The maximum absolute atomic E-state index is 9.08. The zero-order valence-electron chi connectivity index (χ0n) is 11.5. The second-order valence-corrected chi connectivity index (χ2v) is 4.86. The summed E-state index contributed by atoms with van der Waals surface area (Å²) in [5.74, 6) is 1.52. The van der Waals surface area contributed by atoms with Crippen molar-refractivity contribution < 1.29 is 14.6 Å². The molecular weight excluding hydrogens is 256 g/mol. The Morgan fingerprint density at radius 2 is 2.30 bits per heavy atom. The van der Waals surface area contributed by atoms with E-state index in [2.05, 4.69) is 16.0 Å². The molecule has 1 aliphatic rings. The number of benzene rings is 1. The van der Waals surface area contributed by atoms with Gasteiger partial charge < -0.3 is 14.6 Å². The summed E-state index contributed by atoms with van der Waals surface area (Å²) in [5, 5.41) is 10.1. The van der Waals surface area contributed by atoms with E-state index < -0.39 is 0 Å². The number of aliphatic hydroxyl groups excluding tert-OH is 1. The molecule has 2 heterocycles. The lowest BCUT2D eigenvalue weighted by molar-refractivity contribution is 0.176. The number of aliphatic hydroxyl groups is 1. The van der Waals surface area contributed by atoms with Crippen molar-refractivity contribution in [2.75, 3.05) is 33.4 Å². The van der Waals surface area contributed by atoms with Crippen LogP contribution in [0.25, 0.3) is 10.9 Å². The standard InChI is InChI=1S/C15H18N2O3/c1-19-13-2-3-14-11(9-13)8-12-10-17(4-6-18)5-7-20-15(12)16-14/h2-3,8-9,18H,4-7,10H2,1H3. The quantitative estimate of drug-likeness (QED) is 0.917. The van der Waals surface area contributed by atoms with Gasteiger partial charge in [0.05, 0.1) is 19.2 Å². The summed E-state index contributed by atoms with van der Waals surface area (Å²) in [6.07, 6.45) is 0. The van der Waals surface area contributed by atoms with Crippen LogP contribution in [0, 0.1) is 0 Å². The second kappa shape index (κ2) is 5.64. The molecule has 0 fully saturated rings. The monoisotopic (exact) mass is 274 g/mol. The molecule has 0 saturated heterocycles. The SMILES string of the molecule is COc1ccc2nc3c(cc2c1)CN(CCO)CCO3. The minimum absolute atomic E-state index is 0.157. The molecule has 1 aromatic heterocycles. The highest BCUT2D eigenvalue weighted by molar-refractivity contribution is 5.81. The lowest BCUT2D eigenvalue weighted by Gasteiger charge is -2.17. The zero-order chi connectivity index (χ0) is 13.9. The molecule has 1 aromatic carbocycles. The van der Waals surface area contributed by atoms with E-state index in [0.29, 0.717) is 19.0 Å². The van der Waals surface area contributed by atoms with E-state index in [9.17, 15) is 0 Å². The Labute approximate surface area is 117 Å². The maximum Gasteiger partial charge on any atom is 0.218 e. The number of pyridine rings is 1. The molecule has 5 heteroatoms. The van der Waals surface area contributed by atoms with Gasteiger partial charge in [-0.15, -0.1) is 0 Å². The average Bonchev–Trinajstić information content (AvgIpc) is 2.66. The van der Waals surface area contributed by atoms with Crippen LogP contribution in [0.1, 0.15) is 5.56 Å². The van der Waals surface area contributed by atoms with Gasteiger partial charge in [-0.05, 0) is 24.3 Å². The van der Waals surface area contributed by atoms with Crippen LogP contribution in [0.2, 0.25) is 0 Å². The molecule has 3 rings (SSSR count). The number of hydrogen-bond donors (Lipinski definition) is 1. The van der Waals surface area contributed by atoms with Gasteiger partial charge in [-0.1, -0.05) is 0 Å². The maximum atomic E-state index is 9.08. The zero-order valence-corrected chi connectivity index (χ0v) is 11.5. The van der Waals surface area contributed by atoms with Crippen molar-refractivity contribution >= 4 is 10.9 Å². The first-order valence-electron chi connectivity index (χ1n) is 6.74. The first-order valence-corrected chi connectivity index (χ1v) is 6.74. The molecule has 1 N–H and O–H groups in total. The molecule has 2 aromatic rings. The predicted octanol–water partition coefficient (Wildman–Crippen LogP) is 1.43. The fourth-order valence-corrected chi connectivity index (χ4v) is 2.47. The number of aromatic nitrogens is 1. The van der Waals surface area contributed by atoms with E-state index in [4.69, 9.17) is 14.6 Å². The number of hydrogen-bond acceptors (Lipinski definition) is 5. The Bertz CT molecular complexity index is 615. The number of ether oxygens (including phenoxy) is 2. The molecule has 5 nitrogen and oxygen atoms in total. The molecule has 106 valence electrons. The summed E-state index contributed by atoms with van der Waals surface area (Å²) in [7, 11) is 1.66. The molecule has 0 bridgehead atoms. The highest BCUT2D eigenvalue weighted by Gasteiger charge is 2.17. The molecule has 0 amide bonds. The minimum Gasteiger partial charge on any atom is -0.497 e. The van der Waals surface area contributed by atoms with Crippen LogP contribution in [-0.2, 0) is 6.54 Å². The smallest absolute Gasteiger partial charge is 0.218 e. The highest BCUT2D eigenvalue weighted by atomic mass is 16.5. The van der Waals surface area contributed by atoms with E-state index in [0.717, 1.165) is 35.3 Å². The fraction of sp³-hybridized carbons (Fsp3) is 0.400.